The molecule has 0 spiro atoms. The van der Waals surface area contributed by atoms with Crippen LogP contribution in [0.15, 0.2) is 4.52 Å². The molecule has 6 nitrogen and oxygen atoms in total. The molecule has 1 aromatic heterocycles. The summed E-state index contributed by atoms with van der Waals surface area (Å²) < 4.78 is 16.5. The highest BCUT2D eigenvalue weighted by Gasteiger charge is 2.39. The van der Waals surface area contributed by atoms with Gasteiger partial charge in [0, 0.05) is 45.6 Å². The zero-order valence-electron chi connectivity index (χ0n) is 13.5. The molecule has 21 heavy (non-hydrogen) atoms. The van der Waals surface area contributed by atoms with Gasteiger partial charge in [-0.05, 0) is 19.4 Å². The lowest BCUT2D eigenvalue weighted by molar-refractivity contribution is -0.101. The first-order valence-corrected chi connectivity index (χ1v) is 7.73. The predicted octanol–water partition coefficient (Wildman–Crippen LogP) is 1.90. The molecule has 120 valence electrons. The topological polar surface area (TPSA) is 69.4 Å². The minimum atomic E-state index is -0.451. The van der Waals surface area contributed by atoms with Gasteiger partial charge in [0.2, 0.25) is 11.7 Å². The van der Waals surface area contributed by atoms with E-state index in [1.54, 1.807) is 7.11 Å². The Labute approximate surface area is 126 Å². The van der Waals surface area contributed by atoms with Gasteiger partial charge in [0.1, 0.15) is 5.60 Å². The van der Waals surface area contributed by atoms with Gasteiger partial charge in [-0.3, -0.25) is 0 Å². The summed E-state index contributed by atoms with van der Waals surface area (Å²) in [5.74, 6) is 1.96. The van der Waals surface area contributed by atoms with E-state index < -0.39 is 5.60 Å². The van der Waals surface area contributed by atoms with E-state index in [4.69, 9.17) is 14.0 Å². The average molecular weight is 297 g/mol. The number of hydrogen-bond donors (Lipinski definition) is 1. The van der Waals surface area contributed by atoms with Gasteiger partial charge >= 0.3 is 0 Å². The number of aromatic nitrogens is 2. The van der Waals surface area contributed by atoms with Crippen LogP contribution in [0, 0.1) is 5.92 Å². The second-order valence-corrected chi connectivity index (χ2v) is 6.14. The van der Waals surface area contributed by atoms with Crippen molar-refractivity contribution in [2.24, 2.45) is 5.92 Å². The predicted molar refractivity (Wildman–Crippen MR) is 79.0 cm³/mol. The van der Waals surface area contributed by atoms with E-state index in [9.17, 15) is 0 Å². The Balaban J connectivity index is 2.06. The van der Waals surface area contributed by atoms with Crippen molar-refractivity contribution in [2.45, 2.75) is 51.2 Å². The average Bonchev–Trinajstić information content (AvgIpc) is 2.96. The SMILES string of the molecule is CNC(Cc1nc(C2(OC)CCOCC2)no1)CC(C)C. The molecule has 1 saturated heterocycles. The van der Waals surface area contributed by atoms with Crippen molar-refractivity contribution in [3.8, 4) is 0 Å². The van der Waals surface area contributed by atoms with E-state index in [0.717, 1.165) is 25.7 Å². The Morgan fingerprint density at radius 2 is 2.05 bits per heavy atom. The summed E-state index contributed by atoms with van der Waals surface area (Å²) in [7, 11) is 3.68. The van der Waals surface area contributed by atoms with E-state index in [1.807, 2.05) is 7.05 Å². The fourth-order valence-electron chi connectivity index (χ4n) is 2.83. The van der Waals surface area contributed by atoms with Crippen molar-refractivity contribution in [3.63, 3.8) is 0 Å². The Kier molecular flexibility index (Phi) is 5.72. The maximum atomic E-state index is 5.69. The largest absolute Gasteiger partial charge is 0.381 e. The van der Waals surface area contributed by atoms with Gasteiger partial charge in [0.25, 0.3) is 0 Å². The minimum absolute atomic E-state index is 0.353. The second kappa shape index (κ2) is 7.33. The standard InChI is InChI=1S/C15H27N3O3/c1-11(2)9-12(16-3)10-13-17-14(18-21-13)15(19-4)5-7-20-8-6-15/h11-12,16H,5-10H2,1-4H3. The molecular formula is C15H27N3O3. The van der Waals surface area contributed by atoms with Crippen LogP contribution in [0.1, 0.15) is 44.8 Å². The summed E-state index contributed by atoms with van der Waals surface area (Å²) in [5, 5.41) is 7.47. The fourth-order valence-corrected chi connectivity index (χ4v) is 2.83. The molecule has 1 fully saturated rings. The first-order chi connectivity index (χ1) is 10.1. The normalized spacial score (nSPS) is 19.9. The molecule has 0 radical (unpaired) electrons. The van der Waals surface area contributed by atoms with E-state index in [-0.39, 0.29) is 0 Å². The highest BCUT2D eigenvalue weighted by atomic mass is 16.5. The molecule has 0 amide bonds. The molecule has 2 heterocycles. The number of hydrogen-bond acceptors (Lipinski definition) is 6. The van der Waals surface area contributed by atoms with Gasteiger partial charge in [0.15, 0.2) is 0 Å². The first-order valence-electron chi connectivity index (χ1n) is 7.73. The van der Waals surface area contributed by atoms with Gasteiger partial charge in [-0.25, -0.2) is 0 Å². The maximum absolute atomic E-state index is 5.69. The fraction of sp³-hybridized carbons (Fsp3) is 0.867. The van der Waals surface area contributed by atoms with Gasteiger partial charge in [0.05, 0.1) is 0 Å². The number of methoxy groups -OCH3 is 1. The zero-order valence-corrected chi connectivity index (χ0v) is 13.5. The van der Waals surface area contributed by atoms with Crippen LogP contribution in [0.2, 0.25) is 0 Å². The van der Waals surface area contributed by atoms with Crippen molar-refractivity contribution < 1.29 is 14.0 Å². The monoisotopic (exact) mass is 297 g/mol. The molecule has 1 atom stereocenters. The summed E-state index contributed by atoms with van der Waals surface area (Å²) in [4.78, 5) is 4.57. The zero-order chi connectivity index (χ0) is 15.3. The molecule has 1 N–H and O–H groups in total. The molecular weight excluding hydrogens is 270 g/mol. The quantitative estimate of drug-likeness (QED) is 0.829. The number of likely N-dealkylation sites (N-methyl/N-ethyl adjacent to an activating group) is 1. The van der Waals surface area contributed by atoms with Crippen molar-refractivity contribution >= 4 is 0 Å². The third-order valence-corrected chi connectivity index (χ3v) is 4.15. The van der Waals surface area contributed by atoms with Crippen LogP contribution in [-0.4, -0.2) is 43.6 Å². The van der Waals surface area contributed by atoms with Crippen LogP contribution in [0.3, 0.4) is 0 Å². The summed E-state index contributed by atoms with van der Waals surface area (Å²) >= 11 is 0. The molecule has 0 saturated carbocycles. The molecule has 1 aromatic rings. The molecule has 0 bridgehead atoms. The maximum Gasteiger partial charge on any atom is 0.228 e. The minimum Gasteiger partial charge on any atom is -0.381 e. The van der Waals surface area contributed by atoms with E-state index in [1.165, 1.54) is 0 Å². The highest BCUT2D eigenvalue weighted by Crippen LogP contribution is 2.33. The van der Waals surface area contributed by atoms with Gasteiger partial charge in [-0.15, -0.1) is 0 Å². The molecule has 1 aliphatic heterocycles. The lowest BCUT2D eigenvalue weighted by Gasteiger charge is -2.32. The molecule has 2 rings (SSSR count). The summed E-state index contributed by atoms with van der Waals surface area (Å²) in [6, 6.07) is 0.353. The first kappa shape index (κ1) is 16.4. The lowest BCUT2D eigenvalue weighted by Crippen LogP contribution is -2.36. The smallest absolute Gasteiger partial charge is 0.228 e. The van der Waals surface area contributed by atoms with Crippen molar-refractivity contribution in [2.75, 3.05) is 27.4 Å². The van der Waals surface area contributed by atoms with Gasteiger partial charge in [-0.2, -0.15) is 4.98 Å². The van der Waals surface area contributed by atoms with Crippen LogP contribution < -0.4 is 5.32 Å². The Morgan fingerprint density at radius 1 is 1.33 bits per heavy atom. The van der Waals surface area contributed by atoms with Crippen LogP contribution in [-0.2, 0) is 21.5 Å². The third kappa shape index (κ3) is 4.02. The Morgan fingerprint density at radius 3 is 2.62 bits per heavy atom. The Bertz CT molecular complexity index is 428. The van der Waals surface area contributed by atoms with Crippen LogP contribution in [0.5, 0.6) is 0 Å². The third-order valence-electron chi connectivity index (χ3n) is 4.15. The van der Waals surface area contributed by atoms with E-state index in [2.05, 4.69) is 29.3 Å². The van der Waals surface area contributed by atoms with Gasteiger partial charge < -0.3 is 19.3 Å². The summed E-state index contributed by atoms with van der Waals surface area (Å²) in [6.07, 6.45) is 3.36. The summed E-state index contributed by atoms with van der Waals surface area (Å²) in [5.41, 5.74) is -0.451. The van der Waals surface area contributed by atoms with Crippen molar-refractivity contribution in [1.82, 2.24) is 15.5 Å². The van der Waals surface area contributed by atoms with Crippen LogP contribution >= 0.6 is 0 Å². The molecule has 0 aliphatic carbocycles. The Hall–Kier alpha value is -0.980. The molecule has 1 aliphatic rings. The van der Waals surface area contributed by atoms with Crippen LogP contribution in [0.25, 0.3) is 0 Å². The number of ether oxygens (including phenoxy) is 2. The second-order valence-electron chi connectivity index (χ2n) is 6.14. The molecule has 0 aromatic carbocycles. The van der Waals surface area contributed by atoms with E-state index >= 15 is 0 Å². The van der Waals surface area contributed by atoms with Gasteiger partial charge in [-0.1, -0.05) is 19.0 Å². The number of rotatable bonds is 7. The molecule has 6 heteroatoms. The van der Waals surface area contributed by atoms with Crippen LogP contribution in [0.4, 0.5) is 0 Å². The highest BCUT2D eigenvalue weighted by molar-refractivity contribution is 5.03. The lowest BCUT2D eigenvalue weighted by atomic mass is 9.93. The van der Waals surface area contributed by atoms with Crippen molar-refractivity contribution in [3.05, 3.63) is 11.7 Å². The number of nitrogens with zero attached hydrogens (tertiary/aromatic N) is 2. The number of nitrogens with one attached hydrogen (secondary N) is 1. The summed E-state index contributed by atoms with van der Waals surface area (Å²) in [6.45, 7) is 5.77. The van der Waals surface area contributed by atoms with Crippen molar-refractivity contribution in [1.29, 1.82) is 0 Å². The van der Waals surface area contributed by atoms with E-state index in [0.29, 0.717) is 36.9 Å². The molecule has 1 unspecified atom stereocenters.